The number of carbonyl (C=O) groups excluding carboxylic acids is 1. The number of piperidine rings is 1. The summed E-state index contributed by atoms with van der Waals surface area (Å²) >= 11 is 0. The Kier molecular flexibility index (Phi) is 6.50. The fraction of sp³-hybridized carbons (Fsp3) is 0.714. The molecule has 1 aliphatic carbocycles. The van der Waals surface area contributed by atoms with Crippen LogP contribution in [-0.2, 0) is 16.1 Å². The highest BCUT2D eigenvalue weighted by atomic mass is 19.4. The first-order chi connectivity index (χ1) is 14.0. The molecule has 9 heteroatoms. The second-order valence-electron chi connectivity index (χ2n) is 9.12. The van der Waals surface area contributed by atoms with E-state index in [9.17, 15) is 18.0 Å². The molecule has 1 aromatic rings. The molecule has 0 radical (unpaired) electrons. The highest BCUT2D eigenvalue weighted by Gasteiger charge is 2.55. The first-order valence-electron chi connectivity index (χ1n) is 10.2. The zero-order valence-electron chi connectivity index (χ0n) is 17.6. The van der Waals surface area contributed by atoms with Crippen molar-refractivity contribution >= 4 is 6.09 Å². The van der Waals surface area contributed by atoms with Crippen molar-refractivity contribution in [2.24, 2.45) is 11.3 Å². The molecule has 6 nitrogen and oxygen atoms in total. The standard InChI is InChI=1S/C21H29F3N2O4/c1-19(2,3)30-18(27)26-9-7-20(8-10-26)11-15(20)12-28-13-16-5-4-6-17(25-16)29-14-21(22,23)24/h4-6,15H,7-14H2,1-3H3/t15-/m0/s1. The number of halogens is 3. The van der Waals surface area contributed by atoms with Gasteiger partial charge in [-0.05, 0) is 57.4 Å². The number of rotatable bonds is 6. The van der Waals surface area contributed by atoms with Crippen LogP contribution < -0.4 is 4.74 Å². The minimum atomic E-state index is -4.40. The van der Waals surface area contributed by atoms with E-state index in [1.165, 1.54) is 6.07 Å². The fourth-order valence-electron chi connectivity index (χ4n) is 3.82. The number of nitrogens with zero attached hydrogens (tertiary/aromatic N) is 2. The molecule has 1 atom stereocenters. The van der Waals surface area contributed by atoms with Gasteiger partial charge in [0.15, 0.2) is 6.61 Å². The van der Waals surface area contributed by atoms with Crippen molar-refractivity contribution in [3.8, 4) is 5.88 Å². The number of carbonyl (C=O) groups is 1. The summed E-state index contributed by atoms with van der Waals surface area (Å²) in [6, 6.07) is 4.69. The minimum absolute atomic E-state index is 0.0640. The molecule has 0 N–H and O–H groups in total. The molecule has 0 unspecified atom stereocenters. The Hall–Kier alpha value is -2.03. The third-order valence-corrected chi connectivity index (χ3v) is 5.50. The van der Waals surface area contributed by atoms with Crippen LogP contribution >= 0.6 is 0 Å². The summed E-state index contributed by atoms with van der Waals surface area (Å²) in [6.45, 7) is 6.38. The SMILES string of the molecule is CC(C)(C)OC(=O)N1CCC2(CC1)C[C@H]2COCc1cccc(OCC(F)(F)F)n1. The van der Waals surface area contributed by atoms with Gasteiger partial charge in [-0.3, -0.25) is 0 Å². The molecule has 2 heterocycles. The molecular formula is C21H29F3N2O4. The minimum Gasteiger partial charge on any atom is -0.468 e. The Bertz CT molecular complexity index is 741. The van der Waals surface area contributed by atoms with Crippen molar-refractivity contribution in [2.75, 3.05) is 26.3 Å². The van der Waals surface area contributed by atoms with Crippen LogP contribution in [0.2, 0.25) is 0 Å². The summed E-state index contributed by atoms with van der Waals surface area (Å²) in [5, 5.41) is 0. The molecule has 1 aromatic heterocycles. The highest BCUT2D eigenvalue weighted by Crippen LogP contribution is 2.59. The van der Waals surface area contributed by atoms with E-state index in [1.54, 1.807) is 17.0 Å². The molecule has 2 aliphatic rings. The number of likely N-dealkylation sites (tertiary alicyclic amines) is 1. The second kappa shape index (κ2) is 8.61. The third-order valence-electron chi connectivity index (χ3n) is 5.50. The van der Waals surface area contributed by atoms with Crippen LogP contribution in [-0.4, -0.2) is 54.1 Å². The monoisotopic (exact) mass is 430 g/mol. The summed E-state index contributed by atoms with van der Waals surface area (Å²) in [5.74, 6) is 0.369. The molecule has 3 rings (SSSR count). The molecule has 30 heavy (non-hydrogen) atoms. The maximum Gasteiger partial charge on any atom is 0.422 e. The normalized spacial score (nSPS) is 20.9. The molecule has 2 fully saturated rings. The average Bonchev–Trinajstić information content (AvgIpc) is 3.30. The van der Waals surface area contributed by atoms with Crippen LogP contribution in [0, 0.1) is 11.3 Å². The van der Waals surface area contributed by atoms with Crippen molar-refractivity contribution < 1.29 is 32.2 Å². The fourth-order valence-corrected chi connectivity index (χ4v) is 3.82. The van der Waals surface area contributed by atoms with Crippen LogP contribution in [0.15, 0.2) is 18.2 Å². The maximum atomic E-state index is 12.2. The molecule has 1 amide bonds. The van der Waals surface area contributed by atoms with Crippen LogP contribution in [0.3, 0.4) is 0 Å². The van der Waals surface area contributed by atoms with Gasteiger partial charge in [-0.2, -0.15) is 13.2 Å². The Morgan fingerprint density at radius 2 is 1.93 bits per heavy atom. The zero-order valence-corrected chi connectivity index (χ0v) is 17.6. The number of amides is 1. The summed E-state index contributed by atoms with van der Waals surface area (Å²) in [7, 11) is 0. The summed E-state index contributed by atoms with van der Waals surface area (Å²) in [5.41, 5.74) is 0.263. The van der Waals surface area contributed by atoms with E-state index in [4.69, 9.17) is 9.47 Å². The lowest BCUT2D eigenvalue weighted by atomic mass is 9.91. The first kappa shape index (κ1) is 22.7. The van der Waals surface area contributed by atoms with Crippen LogP contribution in [0.4, 0.5) is 18.0 Å². The van der Waals surface area contributed by atoms with E-state index >= 15 is 0 Å². The summed E-state index contributed by atoms with van der Waals surface area (Å²) < 4.78 is 52.6. The van der Waals surface area contributed by atoms with E-state index in [1.807, 2.05) is 20.8 Å². The number of aromatic nitrogens is 1. The van der Waals surface area contributed by atoms with E-state index in [0.29, 0.717) is 31.3 Å². The maximum absolute atomic E-state index is 12.2. The van der Waals surface area contributed by atoms with Gasteiger partial charge in [0.25, 0.3) is 0 Å². The summed E-state index contributed by atoms with van der Waals surface area (Å²) in [6.07, 6.45) is -1.73. The van der Waals surface area contributed by atoms with Gasteiger partial charge in [0.05, 0.1) is 18.9 Å². The molecule has 1 spiro atoms. The van der Waals surface area contributed by atoms with Crippen molar-refractivity contribution in [3.63, 3.8) is 0 Å². The molecule has 0 aromatic carbocycles. The van der Waals surface area contributed by atoms with Gasteiger partial charge in [0.2, 0.25) is 5.88 Å². The molecule has 1 saturated carbocycles. The van der Waals surface area contributed by atoms with Crippen molar-refractivity contribution in [2.45, 2.75) is 58.4 Å². The van der Waals surface area contributed by atoms with Crippen molar-refractivity contribution in [3.05, 3.63) is 23.9 Å². The average molecular weight is 430 g/mol. The van der Waals surface area contributed by atoms with E-state index in [-0.39, 0.29) is 24.0 Å². The van der Waals surface area contributed by atoms with E-state index < -0.39 is 18.4 Å². The number of alkyl halides is 3. The predicted octanol–water partition coefficient (Wildman–Crippen LogP) is 4.58. The Morgan fingerprint density at radius 3 is 2.57 bits per heavy atom. The number of ether oxygens (including phenoxy) is 3. The smallest absolute Gasteiger partial charge is 0.422 e. The lowest BCUT2D eigenvalue weighted by molar-refractivity contribution is -0.154. The Morgan fingerprint density at radius 1 is 1.23 bits per heavy atom. The van der Waals surface area contributed by atoms with Gasteiger partial charge in [0.1, 0.15) is 5.60 Å². The summed E-state index contributed by atoms with van der Waals surface area (Å²) in [4.78, 5) is 18.0. The van der Waals surface area contributed by atoms with Gasteiger partial charge < -0.3 is 19.1 Å². The number of hydrogen-bond donors (Lipinski definition) is 0. The third kappa shape index (κ3) is 6.48. The van der Waals surface area contributed by atoms with Crippen molar-refractivity contribution in [1.82, 2.24) is 9.88 Å². The number of hydrogen-bond acceptors (Lipinski definition) is 5. The van der Waals surface area contributed by atoms with Gasteiger partial charge in [-0.25, -0.2) is 9.78 Å². The first-order valence-corrected chi connectivity index (χ1v) is 10.2. The predicted molar refractivity (Wildman–Crippen MR) is 103 cm³/mol. The molecular weight excluding hydrogens is 401 g/mol. The molecule has 1 saturated heterocycles. The zero-order chi connectivity index (χ0) is 22.0. The highest BCUT2D eigenvalue weighted by molar-refractivity contribution is 5.68. The Labute approximate surface area is 174 Å². The van der Waals surface area contributed by atoms with Gasteiger partial charge in [-0.15, -0.1) is 0 Å². The van der Waals surface area contributed by atoms with Gasteiger partial charge in [-0.1, -0.05) is 6.07 Å². The lowest BCUT2D eigenvalue weighted by Crippen LogP contribution is -2.42. The molecule has 1 aliphatic heterocycles. The topological polar surface area (TPSA) is 60.9 Å². The lowest BCUT2D eigenvalue weighted by Gasteiger charge is -2.34. The van der Waals surface area contributed by atoms with Crippen LogP contribution in [0.1, 0.15) is 45.7 Å². The largest absolute Gasteiger partial charge is 0.468 e. The van der Waals surface area contributed by atoms with Crippen LogP contribution in [0.5, 0.6) is 5.88 Å². The van der Waals surface area contributed by atoms with E-state index in [2.05, 4.69) is 9.72 Å². The van der Waals surface area contributed by atoms with Crippen molar-refractivity contribution in [1.29, 1.82) is 0 Å². The molecule has 0 bridgehead atoms. The van der Waals surface area contributed by atoms with Crippen LogP contribution in [0.25, 0.3) is 0 Å². The number of pyridine rings is 1. The molecule has 168 valence electrons. The van der Waals surface area contributed by atoms with Gasteiger partial charge >= 0.3 is 12.3 Å². The van der Waals surface area contributed by atoms with E-state index in [0.717, 1.165) is 19.3 Å². The quantitative estimate of drug-likeness (QED) is 0.661. The second-order valence-corrected chi connectivity index (χ2v) is 9.12. The Balaban J connectivity index is 1.38. The van der Waals surface area contributed by atoms with Gasteiger partial charge in [0, 0.05) is 19.2 Å².